The van der Waals surface area contributed by atoms with Crippen molar-refractivity contribution in [3.8, 4) is 0 Å². The number of piperidine rings is 1. The molecular weight excluding hydrogens is 216 g/mol. The van der Waals surface area contributed by atoms with Crippen molar-refractivity contribution in [2.75, 3.05) is 19.7 Å². The maximum Gasteiger partial charge on any atom is 0.226 e. The Hall–Kier alpha value is -0.610. The third-order valence-corrected chi connectivity index (χ3v) is 4.10. The Labute approximate surface area is 103 Å². The van der Waals surface area contributed by atoms with Crippen molar-refractivity contribution in [2.24, 2.45) is 5.92 Å². The van der Waals surface area contributed by atoms with E-state index in [4.69, 9.17) is 5.11 Å². The lowest BCUT2D eigenvalue weighted by molar-refractivity contribution is -0.137. The Balaban J connectivity index is 1.93. The molecule has 0 aromatic carbocycles. The molecule has 2 N–H and O–H groups in total. The second-order valence-electron chi connectivity index (χ2n) is 5.42. The average Bonchev–Trinajstić information content (AvgIpc) is 2.77. The van der Waals surface area contributed by atoms with E-state index in [1.165, 1.54) is 0 Å². The van der Waals surface area contributed by atoms with Gasteiger partial charge in [-0.3, -0.25) is 4.79 Å². The number of likely N-dealkylation sites (tertiary alicyclic amines) is 1. The lowest BCUT2D eigenvalue weighted by Gasteiger charge is -2.33. The summed E-state index contributed by atoms with van der Waals surface area (Å²) in [5.41, 5.74) is 0. The van der Waals surface area contributed by atoms with Crippen LogP contribution in [-0.4, -0.2) is 47.7 Å². The van der Waals surface area contributed by atoms with Crippen molar-refractivity contribution >= 4 is 5.91 Å². The predicted molar refractivity (Wildman–Crippen MR) is 66.6 cm³/mol. The molecule has 0 aliphatic carbocycles. The van der Waals surface area contributed by atoms with Crippen LogP contribution < -0.4 is 5.32 Å². The van der Waals surface area contributed by atoms with E-state index in [1.807, 2.05) is 4.90 Å². The fraction of sp³-hybridized carbons (Fsp3) is 0.923. The van der Waals surface area contributed by atoms with Gasteiger partial charge in [0.25, 0.3) is 0 Å². The van der Waals surface area contributed by atoms with Crippen LogP contribution in [-0.2, 0) is 4.79 Å². The summed E-state index contributed by atoms with van der Waals surface area (Å²) >= 11 is 0. The first-order chi connectivity index (χ1) is 8.22. The van der Waals surface area contributed by atoms with Crippen molar-refractivity contribution in [3.05, 3.63) is 0 Å². The van der Waals surface area contributed by atoms with Crippen LogP contribution in [0, 0.1) is 5.92 Å². The Bertz CT molecular complexity index is 270. The van der Waals surface area contributed by atoms with E-state index >= 15 is 0 Å². The number of carbonyl (C=O) groups is 1. The molecular formula is C13H24N2O2. The van der Waals surface area contributed by atoms with Crippen LogP contribution in [0.3, 0.4) is 0 Å². The van der Waals surface area contributed by atoms with Crippen LogP contribution >= 0.6 is 0 Å². The highest BCUT2D eigenvalue weighted by atomic mass is 16.3. The number of aliphatic hydroxyl groups excluding tert-OH is 1. The molecule has 0 aromatic rings. The van der Waals surface area contributed by atoms with Gasteiger partial charge in [-0.1, -0.05) is 0 Å². The van der Waals surface area contributed by atoms with Crippen LogP contribution in [0.5, 0.6) is 0 Å². The second kappa shape index (κ2) is 5.83. The van der Waals surface area contributed by atoms with Crippen molar-refractivity contribution in [1.29, 1.82) is 0 Å². The minimum atomic E-state index is 0.192. The number of aliphatic hydroxyl groups is 1. The number of carbonyl (C=O) groups excluding carboxylic acids is 1. The summed E-state index contributed by atoms with van der Waals surface area (Å²) in [6.45, 7) is 4.18. The zero-order valence-corrected chi connectivity index (χ0v) is 10.7. The summed E-state index contributed by atoms with van der Waals surface area (Å²) in [5, 5.41) is 12.4. The molecule has 4 nitrogen and oxygen atoms in total. The van der Waals surface area contributed by atoms with Gasteiger partial charge in [0.1, 0.15) is 0 Å². The maximum atomic E-state index is 12.4. The van der Waals surface area contributed by atoms with E-state index < -0.39 is 0 Å². The summed E-state index contributed by atoms with van der Waals surface area (Å²) in [5.74, 6) is 0.528. The molecule has 2 aliphatic heterocycles. The van der Waals surface area contributed by atoms with Gasteiger partial charge in [0, 0.05) is 31.2 Å². The van der Waals surface area contributed by atoms with Gasteiger partial charge in [-0.2, -0.15) is 0 Å². The van der Waals surface area contributed by atoms with Crippen LogP contribution in [0.4, 0.5) is 0 Å². The highest BCUT2D eigenvalue weighted by molar-refractivity contribution is 5.79. The first-order valence-corrected chi connectivity index (χ1v) is 6.87. The Morgan fingerprint density at radius 2 is 2.29 bits per heavy atom. The van der Waals surface area contributed by atoms with Crippen LogP contribution in [0.2, 0.25) is 0 Å². The van der Waals surface area contributed by atoms with E-state index in [1.54, 1.807) is 0 Å². The third kappa shape index (κ3) is 2.99. The van der Waals surface area contributed by atoms with Gasteiger partial charge >= 0.3 is 0 Å². The smallest absolute Gasteiger partial charge is 0.226 e. The van der Waals surface area contributed by atoms with E-state index in [0.717, 1.165) is 45.2 Å². The summed E-state index contributed by atoms with van der Waals surface area (Å²) in [6.07, 6.45) is 4.82. The quantitative estimate of drug-likeness (QED) is 0.765. The lowest BCUT2D eigenvalue weighted by atomic mass is 9.91. The van der Waals surface area contributed by atoms with Gasteiger partial charge < -0.3 is 15.3 Å². The van der Waals surface area contributed by atoms with Gasteiger partial charge in [0.15, 0.2) is 0 Å². The predicted octanol–water partition coefficient (Wildman–Crippen LogP) is 0.748. The molecule has 0 aromatic heterocycles. The van der Waals surface area contributed by atoms with Crippen molar-refractivity contribution in [1.82, 2.24) is 10.2 Å². The van der Waals surface area contributed by atoms with Crippen molar-refractivity contribution in [3.63, 3.8) is 0 Å². The van der Waals surface area contributed by atoms with E-state index in [2.05, 4.69) is 12.2 Å². The van der Waals surface area contributed by atoms with Crippen LogP contribution in [0.1, 0.15) is 39.0 Å². The molecule has 0 saturated carbocycles. The molecule has 2 aliphatic rings. The van der Waals surface area contributed by atoms with Crippen LogP contribution in [0.15, 0.2) is 0 Å². The number of hydrogen-bond donors (Lipinski definition) is 2. The molecule has 0 radical (unpaired) electrons. The Morgan fingerprint density at radius 3 is 3.00 bits per heavy atom. The standard InChI is InChI=1S/C13H24N2O2/c1-10-9-11(4-6-14-10)13(17)15-7-2-3-12(15)5-8-16/h10-12,14,16H,2-9H2,1H3. The molecule has 0 bridgehead atoms. The number of nitrogens with one attached hydrogen (secondary N) is 1. The average molecular weight is 240 g/mol. The molecule has 2 heterocycles. The second-order valence-corrected chi connectivity index (χ2v) is 5.42. The highest BCUT2D eigenvalue weighted by Crippen LogP contribution is 2.26. The molecule has 3 unspecified atom stereocenters. The molecule has 17 heavy (non-hydrogen) atoms. The lowest BCUT2D eigenvalue weighted by Crippen LogP contribution is -2.45. The molecule has 2 rings (SSSR count). The Kier molecular flexibility index (Phi) is 4.40. The largest absolute Gasteiger partial charge is 0.396 e. The maximum absolute atomic E-state index is 12.4. The zero-order chi connectivity index (χ0) is 12.3. The molecule has 0 spiro atoms. The molecule has 3 atom stereocenters. The Morgan fingerprint density at radius 1 is 1.47 bits per heavy atom. The summed E-state index contributed by atoms with van der Waals surface area (Å²) in [7, 11) is 0. The van der Waals surface area contributed by atoms with E-state index in [9.17, 15) is 4.79 Å². The number of amides is 1. The SMILES string of the molecule is CC1CC(C(=O)N2CCCC2CCO)CCN1. The minimum absolute atomic E-state index is 0.192. The molecule has 2 saturated heterocycles. The molecule has 98 valence electrons. The number of hydrogen-bond acceptors (Lipinski definition) is 3. The van der Waals surface area contributed by atoms with Crippen LogP contribution in [0.25, 0.3) is 0 Å². The molecule has 4 heteroatoms. The van der Waals surface area contributed by atoms with Crippen molar-refractivity contribution < 1.29 is 9.90 Å². The third-order valence-electron chi connectivity index (χ3n) is 4.10. The zero-order valence-electron chi connectivity index (χ0n) is 10.7. The first-order valence-electron chi connectivity index (χ1n) is 6.87. The molecule has 1 amide bonds. The highest BCUT2D eigenvalue weighted by Gasteiger charge is 2.34. The van der Waals surface area contributed by atoms with E-state index in [0.29, 0.717) is 11.9 Å². The summed E-state index contributed by atoms with van der Waals surface area (Å²) in [6, 6.07) is 0.745. The summed E-state index contributed by atoms with van der Waals surface area (Å²) in [4.78, 5) is 14.5. The van der Waals surface area contributed by atoms with Gasteiger partial charge in [-0.15, -0.1) is 0 Å². The van der Waals surface area contributed by atoms with Gasteiger partial charge in [0.05, 0.1) is 0 Å². The number of rotatable bonds is 3. The molecule has 2 fully saturated rings. The van der Waals surface area contributed by atoms with Gasteiger partial charge in [0.2, 0.25) is 5.91 Å². The fourth-order valence-corrected chi connectivity index (χ4v) is 3.17. The fourth-order valence-electron chi connectivity index (χ4n) is 3.17. The normalized spacial score (nSPS) is 34.0. The summed E-state index contributed by atoms with van der Waals surface area (Å²) < 4.78 is 0. The monoisotopic (exact) mass is 240 g/mol. The van der Waals surface area contributed by atoms with E-state index in [-0.39, 0.29) is 18.6 Å². The van der Waals surface area contributed by atoms with Gasteiger partial charge in [-0.05, 0) is 45.6 Å². The first kappa shape index (κ1) is 12.8. The topological polar surface area (TPSA) is 52.6 Å². The van der Waals surface area contributed by atoms with Gasteiger partial charge in [-0.25, -0.2) is 0 Å². The van der Waals surface area contributed by atoms with Crippen molar-refractivity contribution in [2.45, 2.75) is 51.1 Å². The number of nitrogens with zero attached hydrogens (tertiary/aromatic N) is 1. The minimum Gasteiger partial charge on any atom is -0.396 e.